The van der Waals surface area contributed by atoms with E-state index in [1.54, 1.807) is 6.08 Å². The zero-order chi connectivity index (χ0) is 17.5. The van der Waals surface area contributed by atoms with E-state index in [4.69, 9.17) is 0 Å². The first-order valence-corrected chi connectivity index (χ1v) is 10.1. The van der Waals surface area contributed by atoms with Crippen LogP contribution in [0.4, 0.5) is 0 Å². The summed E-state index contributed by atoms with van der Waals surface area (Å²) >= 11 is 3.27. The Morgan fingerprint density at radius 3 is 2.46 bits per heavy atom. The molecule has 0 aromatic heterocycles. The lowest BCUT2D eigenvalue weighted by atomic mass is 9.99. The highest BCUT2D eigenvalue weighted by Crippen LogP contribution is 2.37. The Bertz CT molecular complexity index is 837. The molecule has 0 saturated heterocycles. The molecular formula is C17H17BrO5S. The fourth-order valence-corrected chi connectivity index (χ4v) is 5.73. The summed E-state index contributed by atoms with van der Waals surface area (Å²) in [6.45, 7) is 0. The molecule has 1 N–H and O–H groups in total. The zero-order valence-corrected chi connectivity index (χ0v) is 15.3. The van der Waals surface area contributed by atoms with Crippen molar-refractivity contribution in [3.8, 4) is 0 Å². The van der Waals surface area contributed by atoms with Crippen LogP contribution in [-0.2, 0) is 19.4 Å². The normalized spacial score (nSPS) is 22.0. The summed E-state index contributed by atoms with van der Waals surface area (Å²) in [5, 5.41) is 9.16. The van der Waals surface area contributed by atoms with E-state index in [1.807, 2.05) is 0 Å². The molecule has 0 spiro atoms. The third-order valence-corrected chi connectivity index (χ3v) is 7.67. The maximum absolute atomic E-state index is 12.3. The Morgan fingerprint density at radius 1 is 1.25 bits per heavy atom. The van der Waals surface area contributed by atoms with E-state index in [2.05, 4.69) is 15.9 Å². The van der Waals surface area contributed by atoms with Gasteiger partial charge >= 0.3 is 5.97 Å². The van der Waals surface area contributed by atoms with Crippen LogP contribution in [0.5, 0.6) is 0 Å². The van der Waals surface area contributed by atoms with Crippen molar-refractivity contribution in [1.29, 1.82) is 0 Å². The molecule has 2 saturated carbocycles. The standard InChI is InChI=1S/C17H17BrO5S/c18-15-9-11(2-6-16(15)24(22,23)13-4-5-13)14(17(20)21)8-10-1-3-12(19)7-10/h2,6,8-10,13H,1,3-5,7H2,(H,20,21)/t10-/m1/s1. The third kappa shape index (κ3) is 3.47. The van der Waals surface area contributed by atoms with Crippen LogP contribution >= 0.6 is 15.9 Å². The molecule has 3 rings (SSSR count). The Balaban J connectivity index is 1.95. The van der Waals surface area contributed by atoms with Crippen LogP contribution in [0.1, 0.15) is 37.7 Å². The summed E-state index contributed by atoms with van der Waals surface area (Å²) in [4.78, 5) is 23.2. The number of ketones is 1. The predicted octanol–water partition coefficient (Wildman–Crippen LogP) is 3.22. The number of aliphatic carboxylic acids is 1. The van der Waals surface area contributed by atoms with Gasteiger partial charge in [-0.3, -0.25) is 4.79 Å². The van der Waals surface area contributed by atoms with Crippen molar-refractivity contribution in [2.45, 2.75) is 42.2 Å². The minimum absolute atomic E-state index is 0.0720. The summed E-state index contributed by atoms with van der Waals surface area (Å²) < 4.78 is 25.1. The molecule has 0 amide bonds. The highest BCUT2D eigenvalue weighted by molar-refractivity contribution is 9.10. The van der Waals surface area contributed by atoms with Crippen molar-refractivity contribution in [2.75, 3.05) is 0 Å². The molecule has 1 atom stereocenters. The number of benzene rings is 1. The minimum Gasteiger partial charge on any atom is -0.478 e. The summed E-state index contributed by atoms with van der Waals surface area (Å²) in [5.41, 5.74) is 0.536. The molecule has 0 aliphatic heterocycles. The van der Waals surface area contributed by atoms with Gasteiger partial charge in [-0.15, -0.1) is 0 Å². The van der Waals surface area contributed by atoms with Crippen LogP contribution in [0.25, 0.3) is 5.57 Å². The van der Waals surface area contributed by atoms with Crippen molar-refractivity contribution in [3.05, 3.63) is 34.3 Å². The fourth-order valence-electron chi connectivity index (χ4n) is 2.97. The SMILES string of the molecule is O=C1CC[C@@H](C=C(C(=O)O)c2ccc(S(=O)(=O)C3CC3)c(Br)c2)C1. The number of carboxylic acid groups (broad SMARTS) is 1. The van der Waals surface area contributed by atoms with Crippen molar-refractivity contribution in [1.82, 2.24) is 0 Å². The Morgan fingerprint density at radius 2 is 1.96 bits per heavy atom. The number of allylic oxidation sites excluding steroid dienone is 1. The summed E-state index contributed by atoms with van der Waals surface area (Å²) in [6.07, 6.45) is 4.47. The summed E-state index contributed by atoms with van der Waals surface area (Å²) in [5.74, 6) is -1.01. The number of carboxylic acids is 1. The predicted molar refractivity (Wildman–Crippen MR) is 92.3 cm³/mol. The lowest BCUT2D eigenvalue weighted by molar-refractivity contribution is -0.130. The molecule has 24 heavy (non-hydrogen) atoms. The first-order chi connectivity index (χ1) is 11.3. The first-order valence-electron chi connectivity index (χ1n) is 7.79. The molecule has 0 unspecified atom stereocenters. The van der Waals surface area contributed by atoms with Crippen LogP contribution in [0.15, 0.2) is 33.6 Å². The molecule has 0 radical (unpaired) electrons. The fraction of sp³-hybridized carbons (Fsp3) is 0.412. The molecule has 1 aromatic rings. The first kappa shape index (κ1) is 17.4. The molecule has 7 heteroatoms. The molecule has 2 aliphatic rings. The van der Waals surface area contributed by atoms with E-state index >= 15 is 0 Å². The molecule has 1 aromatic carbocycles. The Hall–Kier alpha value is -1.47. The second-order valence-electron chi connectivity index (χ2n) is 6.32. The Labute approximate surface area is 148 Å². The number of hydrogen-bond donors (Lipinski definition) is 1. The zero-order valence-electron chi connectivity index (χ0n) is 12.9. The molecule has 2 fully saturated rings. The third-order valence-electron chi connectivity index (χ3n) is 4.43. The monoisotopic (exact) mass is 412 g/mol. The minimum atomic E-state index is -3.35. The molecule has 0 heterocycles. The van der Waals surface area contributed by atoms with Crippen molar-refractivity contribution < 1.29 is 23.1 Å². The van der Waals surface area contributed by atoms with Crippen LogP contribution in [0.2, 0.25) is 0 Å². The average Bonchev–Trinajstić information content (AvgIpc) is 3.28. The average molecular weight is 413 g/mol. The van der Waals surface area contributed by atoms with Gasteiger partial charge in [0.05, 0.1) is 15.7 Å². The van der Waals surface area contributed by atoms with Gasteiger partial charge in [0.25, 0.3) is 0 Å². The van der Waals surface area contributed by atoms with Crippen LogP contribution in [-0.4, -0.2) is 30.5 Å². The van der Waals surface area contributed by atoms with Gasteiger partial charge in [-0.05, 0) is 58.8 Å². The van der Waals surface area contributed by atoms with Crippen molar-refractivity contribution in [2.24, 2.45) is 5.92 Å². The topological polar surface area (TPSA) is 88.5 Å². The number of Topliss-reactive ketones (excluding diaryl/α,β-unsaturated/α-hetero) is 1. The van der Waals surface area contributed by atoms with E-state index in [9.17, 15) is 23.1 Å². The highest BCUT2D eigenvalue weighted by Gasteiger charge is 2.38. The number of hydrogen-bond acceptors (Lipinski definition) is 4. The van der Waals surface area contributed by atoms with Crippen molar-refractivity contribution >= 4 is 43.1 Å². The maximum atomic E-state index is 12.3. The second kappa shape index (κ2) is 6.44. The molecule has 128 valence electrons. The lowest BCUT2D eigenvalue weighted by Crippen LogP contribution is -2.09. The van der Waals surface area contributed by atoms with Gasteiger partial charge in [-0.1, -0.05) is 12.1 Å². The van der Waals surface area contributed by atoms with E-state index in [1.165, 1.54) is 18.2 Å². The number of sulfone groups is 1. The van der Waals surface area contributed by atoms with Gasteiger partial charge in [0.1, 0.15) is 5.78 Å². The largest absolute Gasteiger partial charge is 0.478 e. The van der Waals surface area contributed by atoms with Gasteiger partial charge in [0.15, 0.2) is 9.84 Å². The van der Waals surface area contributed by atoms with Gasteiger partial charge in [-0.2, -0.15) is 0 Å². The van der Waals surface area contributed by atoms with E-state index in [0.717, 1.165) is 0 Å². The van der Waals surface area contributed by atoms with Crippen molar-refractivity contribution in [3.63, 3.8) is 0 Å². The van der Waals surface area contributed by atoms with Crippen LogP contribution in [0.3, 0.4) is 0 Å². The van der Waals surface area contributed by atoms with Gasteiger partial charge < -0.3 is 5.11 Å². The summed E-state index contributed by atoms with van der Waals surface area (Å²) in [6, 6.07) is 4.52. The number of carbonyl (C=O) groups excluding carboxylic acids is 1. The van der Waals surface area contributed by atoms with Gasteiger partial charge in [0.2, 0.25) is 0 Å². The smallest absolute Gasteiger partial charge is 0.335 e. The quantitative estimate of drug-likeness (QED) is 0.749. The van der Waals surface area contributed by atoms with Crippen LogP contribution < -0.4 is 0 Å². The number of rotatable bonds is 5. The van der Waals surface area contributed by atoms with Gasteiger partial charge in [0, 0.05) is 17.3 Å². The lowest BCUT2D eigenvalue weighted by Gasteiger charge is -2.10. The van der Waals surface area contributed by atoms with E-state index in [0.29, 0.717) is 42.1 Å². The molecule has 5 nitrogen and oxygen atoms in total. The van der Waals surface area contributed by atoms with E-state index < -0.39 is 15.8 Å². The van der Waals surface area contributed by atoms with Crippen LogP contribution in [0, 0.1) is 5.92 Å². The highest BCUT2D eigenvalue weighted by atomic mass is 79.9. The second-order valence-corrected chi connectivity index (χ2v) is 9.37. The molecule has 0 bridgehead atoms. The van der Waals surface area contributed by atoms with Gasteiger partial charge in [-0.25, -0.2) is 13.2 Å². The maximum Gasteiger partial charge on any atom is 0.335 e. The number of halogens is 1. The van der Waals surface area contributed by atoms with E-state index in [-0.39, 0.29) is 27.4 Å². The molecular weight excluding hydrogens is 396 g/mol. The number of carbonyl (C=O) groups is 2. The summed E-state index contributed by atoms with van der Waals surface area (Å²) in [7, 11) is -3.35. The molecule has 2 aliphatic carbocycles. The Kier molecular flexibility index (Phi) is 4.66.